The molecule has 2 aromatic rings. The minimum atomic E-state index is -0.301. The monoisotopic (exact) mass is 248 g/mol. The van der Waals surface area contributed by atoms with E-state index in [1.165, 1.54) is 17.8 Å². The fraction of sp³-hybridized carbons (Fsp3) is 0.385. The normalized spacial score (nSPS) is 10.8. The lowest BCUT2D eigenvalue weighted by atomic mass is 10.2. The quantitative estimate of drug-likeness (QED) is 0.877. The first-order valence-corrected chi connectivity index (χ1v) is 6.00. The van der Waals surface area contributed by atoms with E-state index in [4.69, 9.17) is 0 Å². The van der Waals surface area contributed by atoms with Gasteiger partial charge in [-0.1, -0.05) is 6.92 Å². The zero-order valence-corrected chi connectivity index (χ0v) is 10.7. The summed E-state index contributed by atoms with van der Waals surface area (Å²) in [6.45, 7) is 3.42. The van der Waals surface area contributed by atoms with Crippen LogP contribution in [0.2, 0.25) is 0 Å². The minimum Gasteiger partial charge on any atom is -0.308 e. The molecule has 0 aliphatic rings. The lowest BCUT2D eigenvalue weighted by Crippen LogP contribution is -2.13. The van der Waals surface area contributed by atoms with Gasteiger partial charge in [-0.2, -0.15) is 5.10 Å². The number of hydrogen-bond acceptors (Lipinski definition) is 3. The number of rotatable bonds is 5. The Bertz CT molecular complexity index is 521. The lowest BCUT2D eigenvalue weighted by molar-refractivity contribution is 0.612. The Morgan fingerprint density at radius 3 is 2.89 bits per heavy atom. The molecule has 0 fully saturated rings. The SMILES string of the molecule is CCc1nn(C)cc1CNCc1cncc(F)c1. The summed E-state index contributed by atoms with van der Waals surface area (Å²) in [7, 11) is 1.92. The number of nitrogens with one attached hydrogen (secondary N) is 1. The predicted molar refractivity (Wildman–Crippen MR) is 67.3 cm³/mol. The van der Waals surface area contributed by atoms with Crippen molar-refractivity contribution >= 4 is 0 Å². The van der Waals surface area contributed by atoms with Crippen LogP contribution in [-0.4, -0.2) is 14.8 Å². The molecule has 0 saturated heterocycles. The number of aromatic nitrogens is 3. The van der Waals surface area contributed by atoms with Crippen molar-refractivity contribution in [1.82, 2.24) is 20.1 Å². The highest BCUT2D eigenvalue weighted by Crippen LogP contribution is 2.07. The second-order valence-corrected chi connectivity index (χ2v) is 4.24. The van der Waals surface area contributed by atoms with Gasteiger partial charge in [0, 0.05) is 38.1 Å². The van der Waals surface area contributed by atoms with Crippen LogP contribution in [0.1, 0.15) is 23.7 Å². The Hall–Kier alpha value is -1.75. The third-order valence-corrected chi connectivity index (χ3v) is 2.73. The van der Waals surface area contributed by atoms with E-state index >= 15 is 0 Å². The standard InChI is InChI=1S/C13H17FN4/c1-3-13-11(9-18(2)17-13)7-15-5-10-4-12(14)8-16-6-10/h4,6,8-9,15H,3,5,7H2,1-2H3. The van der Waals surface area contributed by atoms with Gasteiger partial charge < -0.3 is 5.32 Å². The van der Waals surface area contributed by atoms with Gasteiger partial charge in [0.1, 0.15) is 5.82 Å². The second kappa shape index (κ2) is 5.73. The summed E-state index contributed by atoms with van der Waals surface area (Å²) in [6.07, 6.45) is 5.80. The molecule has 2 heterocycles. The largest absolute Gasteiger partial charge is 0.308 e. The van der Waals surface area contributed by atoms with E-state index in [-0.39, 0.29) is 5.82 Å². The van der Waals surface area contributed by atoms with Gasteiger partial charge in [-0.05, 0) is 18.1 Å². The van der Waals surface area contributed by atoms with Crippen LogP contribution in [-0.2, 0) is 26.6 Å². The molecule has 0 spiro atoms. The van der Waals surface area contributed by atoms with E-state index in [0.717, 1.165) is 24.2 Å². The van der Waals surface area contributed by atoms with Crippen LogP contribution in [0.15, 0.2) is 24.7 Å². The topological polar surface area (TPSA) is 42.7 Å². The van der Waals surface area contributed by atoms with Crippen LogP contribution in [0.3, 0.4) is 0 Å². The smallest absolute Gasteiger partial charge is 0.141 e. The first kappa shape index (κ1) is 12.7. The molecule has 0 bridgehead atoms. The third-order valence-electron chi connectivity index (χ3n) is 2.73. The molecule has 2 aromatic heterocycles. The summed E-state index contributed by atoms with van der Waals surface area (Å²) in [5, 5.41) is 7.65. The first-order valence-electron chi connectivity index (χ1n) is 6.00. The van der Waals surface area contributed by atoms with Crippen LogP contribution in [0.4, 0.5) is 4.39 Å². The third kappa shape index (κ3) is 3.13. The molecule has 18 heavy (non-hydrogen) atoms. The summed E-state index contributed by atoms with van der Waals surface area (Å²) < 4.78 is 14.8. The summed E-state index contributed by atoms with van der Waals surface area (Å²) >= 11 is 0. The second-order valence-electron chi connectivity index (χ2n) is 4.24. The van der Waals surface area contributed by atoms with Crippen LogP contribution >= 0.6 is 0 Å². The molecular weight excluding hydrogens is 231 g/mol. The Morgan fingerprint density at radius 1 is 1.33 bits per heavy atom. The van der Waals surface area contributed by atoms with E-state index in [9.17, 15) is 4.39 Å². The Morgan fingerprint density at radius 2 is 2.17 bits per heavy atom. The van der Waals surface area contributed by atoms with Crippen molar-refractivity contribution in [2.75, 3.05) is 0 Å². The number of halogens is 1. The van der Waals surface area contributed by atoms with Gasteiger partial charge in [0.05, 0.1) is 11.9 Å². The molecule has 2 rings (SSSR count). The molecule has 0 amide bonds. The molecule has 0 aromatic carbocycles. The molecule has 1 N–H and O–H groups in total. The maximum Gasteiger partial charge on any atom is 0.141 e. The first-order chi connectivity index (χ1) is 8.69. The number of nitrogens with zero attached hydrogens (tertiary/aromatic N) is 3. The average Bonchev–Trinajstić information content (AvgIpc) is 2.70. The van der Waals surface area contributed by atoms with Crippen molar-refractivity contribution in [3.63, 3.8) is 0 Å². The van der Waals surface area contributed by atoms with Gasteiger partial charge in [0.25, 0.3) is 0 Å². The van der Waals surface area contributed by atoms with Crippen molar-refractivity contribution in [2.45, 2.75) is 26.4 Å². The number of hydrogen-bond donors (Lipinski definition) is 1. The molecular formula is C13H17FN4. The van der Waals surface area contributed by atoms with Crippen molar-refractivity contribution in [1.29, 1.82) is 0 Å². The zero-order chi connectivity index (χ0) is 13.0. The minimum absolute atomic E-state index is 0.301. The molecule has 0 unspecified atom stereocenters. The molecule has 0 atom stereocenters. The predicted octanol–water partition coefficient (Wildman–Crippen LogP) is 1.81. The van der Waals surface area contributed by atoms with E-state index in [0.29, 0.717) is 6.54 Å². The molecule has 0 aliphatic carbocycles. The zero-order valence-electron chi connectivity index (χ0n) is 10.7. The van der Waals surface area contributed by atoms with Crippen LogP contribution in [0.5, 0.6) is 0 Å². The highest BCUT2D eigenvalue weighted by atomic mass is 19.1. The van der Waals surface area contributed by atoms with Crippen LogP contribution in [0, 0.1) is 5.82 Å². The van der Waals surface area contributed by atoms with Crippen molar-refractivity contribution < 1.29 is 4.39 Å². The fourth-order valence-electron chi connectivity index (χ4n) is 1.92. The van der Waals surface area contributed by atoms with Crippen LogP contribution < -0.4 is 5.32 Å². The molecule has 0 radical (unpaired) electrons. The summed E-state index contributed by atoms with van der Waals surface area (Å²) in [5.74, 6) is -0.301. The molecule has 0 aliphatic heterocycles. The molecule has 96 valence electrons. The summed E-state index contributed by atoms with van der Waals surface area (Å²) in [5.41, 5.74) is 3.13. The Kier molecular flexibility index (Phi) is 4.04. The highest BCUT2D eigenvalue weighted by Gasteiger charge is 2.05. The van der Waals surface area contributed by atoms with Gasteiger partial charge >= 0.3 is 0 Å². The van der Waals surface area contributed by atoms with Crippen LogP contribution in [0.25, 0.3) is 0 Å². The van der Waals surface area contributed by atoms with Crippen molar-refractivity contribution in [3.8, 4) is 0 Å². The Balaban J connectivity index is 1.92. The van der Waals surface area contributed by atoms with Gasteiger partial charge in [0.2, 0.25) is 0 Å². The molecule has 5 heteroatoms. The lowest BCUT2D eigenvalue weighted by Gasteiger charge is -2.04. The maximum absolute atomic E-state index is 12.9. The van der Waals surface area contributed by atoms with E-state index in [1.54, 1.807) is 6.20 Å². The number of pyridine rings is 1. The van der Waals surface area contributed by atoms with E-state index in [1.807, 2.05) is 17.9 Å². The summed E-state index contributed by atoms with van der Waals surface area (Å²) in [4.78, 5) is 3.82. The van der Waals surface area contributed by atoms with E-state index < -0.39 is 0 Å². The fourth-order valence-corrected chi connectivity index (χ4v) is 1.92. The van der Waals surface area contributed by atoms with Gasteiger partial charge in [-0.25, -0.2) is 4.39 Å². The average molecular weight is 248 g/mol. The number of aryl methyl sites for hydroxylation is 2. The van der Waals surface area contributed by atoms with Gasteiger partial charge in [-0.15, -0.1) is 0 Å². The van der Waals surface area contributed by atoms with Crippen molar-refractivity contribution in [2.24, 2.45) is 7.05 Å². The molecule has 0 saturated carbocycles. The summed E-state index contributed by atoms with van der Waals surface area (Å²) in [6, 6.07) is 1.49. The van der Waals surface area contributed by atoms with E-state index in [2.05, 4.69) is 22.3 Å². The van der Waals surface area contributed by atoms with Gasteiger partial charge in [0.15, 0.2) is 0 Å². The van der Waals surface area contributed by atoms with Crippen molar-refractivity contribution in [3.05, 3.63) is 47.3 Å². The van der Waals surface area contributed by atoms with Gasteiger partial charge in [-0.3, -0.25) is 9.67 Å². The molecule has 4 nitrogen and oxygen atoms in total. The Labute approximate surface area is 106 Å². The maximum atomic E-state index is 12.9. The highest BCUT2D eigenvalue weighted by molar-refractivity contribution is 5.17.